The molecule has 0 saturated heterocycles. The molecule has 0 bridgehead atoms. The first-order valence-corrected chi connectivity index (χ1v) is 5.48. The van der Waals surface area contributed by atoms with Gasteiger partial charge in [-0.3, -0.25) is 5.10 Å². The minimum atomic E-state index is -0.302. The van der Waals surface area contributed by atoms with Gasteiger partial charge in [-0.1, -0.05) is 6.92 Å². The van der Waals surface area contributed by atoms with Crippen molar-refractivity contribution in [2.24, 2.45) is 0 Å². The second-order valence-corrected chi connectivity index (χ2v) is 3.98. The largest absolute Gasteiger partial charge is 0.461 e. The smallest absolute Gasteiger partial charge is 0.359 e. The average Bonchev–Trinajstić information content (AvgIpc) is 2.63. The van der Waals surface area contributed by atoms with E-state index in [4.69, 9.17) is 4.74 Å². The third-order valence-electron chi connectivity index (χ3n) is 2.92. The molecule has 1 aliphatic carbocycles. The molecule has 0 radical (unpaired) electrons. The Hall–Kier alpha value is -1.32. The van der Waals surface area contributed by atoms with Crippen molar-refractivity contribution in [3.05, 3.63) is 17.0 Å². The number of fused-ring (bicyclic) bond motifs is 1. The van der Waals surface area contributed by atoms with Crippen molar-refractivity contribution in [3.8, 4) is 0 Å². The number of carbonyl (C=O) groups is 1. The molecular weight excluding hydrogens is 192 g/mol. The van der Waals surface area contributed by atoms with E-state index < -0.39 is 0 Å². The Kier molecular flexibility index (Phi) is 2.75. The van der Waals surface area contributed by atoms with Gasteiger partial charge in [0.2, 0.25) is 0 Å². The quantitative estimate of drug-likeness (QED) is 0.756. The Morgan fingerprint density at radius 1 is 1.67 bits per heavy atom. The van der Waals surface area contributed by atoms with Crippen LogP contribution in [0.15, 0.2) is 0 Å². The Labute approximate surface area is 89.0 Å². The first-order valence-electron chi connectivity index (χ1n) is 5.48. The first kappa shape index (κ1) is 10.2. The molecule has 1 heterocycles. The van der Waals surface area contributed by atoms with Crippen molar-refractivity contribution in [2.75, 3.05) is 6.61 Å². The molecule has 1 unspecified atom stereocenters. The molecule has 1 atom stereocenters. The fraction of sp³-hybridized carbons (Fsp3) is 0.636. The Morgan fingerprint density at radius 2 is 2.47 bits per heavy atom. The molecule has 4 nitrogen and oxygen atoms in total. The molecule has 2 rings (SSSR count). The van der Waals surface area contributed by atoms with Gasteiger partial charge in [-0.2, -0.15) is 5.10 Å². The summed E-state index contributed by atoms with van der Waals surface area (Å²) in [5.74, 6) is 0.175. The van der Waals surface area contributed by atoms with Crippen LogP contribution in [0.25, 0.3) is 0 Å². The SMILES string of the molecule is CCOC(=O)c1n[nH]c2c1CCCC2C. The predicted molar refractivity (Wildman–Crippen MR) is 55.9 cm³/mol. The highest BCUT2D eigenvalue weighted by Crippen LogP contribution is 2.31. The lowest BCUT2D eigenvalue weighted by Crippen LogP contribution is -2.11. The topological polar surface area (TPSA) is 55.0 Å². The number of H-pyrrole nitrogens is 1. The van der Waals surface area contributed by atoms with Crippen molar-refractivity contribution in [2.45, 2.75) is 39.0 Å². The van der Waals surface area contributed by atoms with E-state index in [0.29, 0.717) is 18.2 Å². The van der Waals surface area contributed by atoms with Gasteiger partial charge in [-0.05, 0) is 32.1 Å². The Morgan fingerprint density at radius 3 is 3.20 bits per heavy atom. The van der Waals surface area contributed by atoms with Gasteiger partial charge in [-0.15, -0.1) is 0 Å². The van der Waals surface area contributed by atoms with Crippen LogP contribution in [0.1, 0.15) is 54.4 Å². The van der Waals surface area contributed by atoms with Gasteiger partial charge in [-0.25, -0.2) is 4.79 Å². The molecular formula is C11H16N2O2. The van der Waals surface area contributed by atoms with Crippen molar-refractivity contribution < 1.29 is 9.53 Å². The van der Waals surface area contributed by atoms with Crippen LogP contribution >= 0.6 is 0 Å². The zero-order valence-corrected chi connectivity index (χ0v) is 9.17. The molecule has 15 heavy (non-hydrogen) atoms. The fourth-order valence-corrected chi connectivity index (χ4v) is 2.14. The highest BCUT2D eigenvalue weighted by Gasteiger charge is 2.26. The number of nitrogens with one attached hydrogen (secondary N) is 1. The molecule has 1 N–H and O–H groups in total. The number of aromatic amines is 1. The summed E-state index contributed by atoms with van der Waals surface area (Å²) in [4.78, 5) is 11.6. The third kappa shape index (κ3) is 1.76. The minimum Gasteiger partial charge on any atom is -0.461 e. The summed E-state index contributed by atoms with van der Waals surface area (Å²) >= 11 is 0. The van der Waals surface area contributed by atoms with Gasteiger partial charge in [0.05, 0.1) is 6.61 Å². The molecule has 1 aromatic heterocycles. The van der Waals surface area contributed by atoms with Crippen LogP contribution in [-0.2, 0) is 11.2 Å². The molecule has 1 aromatic rings. The van der Waals surface area contributed by atoms with E-state index >= 15 is 0 Å². The maximum atomic E-state index is 11.6. The van der Waals surface area contributed by atoms with Crippen molar-refractivity contribution in [1.29, 1.82) is 0 Å². The molecule has 82 valence electrons. The Balaban J connectivity index is 2.30. The fourth-order valence-electron chi connectivity index (χ4n) is 2.14. The van der Waals surface area contributed by atoms with Crippen LogP contribution in [0.5, 0.6) is 0 Å². The second kappa shape index (κ2) is 4.04. The van der Waals surface area contributed by atoms with E-state index in [2.05, 4.69) is 17.1 Å². The van der Waals surface area contributed by atoms with E-state index in [0.717, 1.165) is 30.5 Å². The molecule has 1 aliphatic rings. The third-order valence-corrected chi connectivity index (χ3v) is 2.92. The summed E-state index contributed by atoms with van der Waals surface area (Å²) in [7, 11) is 0. The zero-order valence-electron chi connectivity index (χ0n) is 9.17. The number of rotatable bonds is 2. The van der Waals surface area contributed by atoms with Gasteiger partial charge in [0.25, 0.3) is 0 Å². The summed E-state index contributed by atoms with van der Waals surface area (Å²) in [6.45, 7) is 4.36. The minimum absolute atomic E-state index is 0.302. The Bertz CT molecular complexity index is 371. The second-order valence-electron chi connectivity index (χ2n) is 3.98. The van der Waals surface area contributed by atoms with E-state index in [1.807, 2.05) is 0 Å². The normalized spacial score (nSPS) is 19.7. The highest BCUT2D eigenvalue weighted by molar-refractivity contribution is 5.89. The summed E-state index contributed by atoms with van der Waals surface area (Å²) < 4.78 is 4.97. The van der Waals surface area contributed by atoms with E-state index in [1.54, 1.807) is 6.92 Å². The lowest BCUT2D eigenvalue weighted by molar-refractivity contribution is 0.0518. The number of hydrogen-bond donors (Lipinski definition) is 1. The van der Waals surface area contributed by atoms with E-state index in [-0.39, 0.29) is 5.97 Å². The van der Waals surface area contributed by atoms with Crippen LogP contribution in [-0.4, -0.2) is 22.8 Å². The van der Waals surface area contributed by atoms with Crippen LogP contribution in [0, 0.1) is 0 Å². The summed E-state index contributed by atoms with van der Waals surface area (Å²) in [6.07, 6.45) is 3.22. The number of esters is 1. The van der Waals surface area contributed by atoms with Gasteiger partial charge in [0.1, 0.15) is 0 Å². The number of hydrogen-bond acceptors (Lipinski definition) is 3. The number of ether oxygens (including phenoxy) is 1. The first-order chi connectivity index (χ1) is 7.24. The maximum Gasteiger partial charge on any atom is 0.359 e. The molecule has 0 fully saturated rings. The standard InChI is InChI=1S/C11H16N2O2/c1-3-15-11(14)10-8-6-4-5-7(2)9(8)12-13-10/h7H,3-6H2,1-2H3,(H,12,13). The van der Waals surface area contributed by atoms with Crippen molar-refractivity contribution in [1.82, 2.24) is 10.2 Å². The van der Waals surface area contributed by atoms with Gasteiger partial charge >= 0.3 is 5.97 Å². The van der Waals surface area contributed by atoms with Crippen molar-refractivity contribution >= 4 is 5.97 Å². The number of carbonyl (C=O) groups excluding carboxylic acids is 1. The molecule has 0 amide bonds. The average molecular weight is 208 g/mol. The number of nitrogens with zero attached hydrogens (tertiary/aromatic N) is 1. The van der Waals surface area contributed by atoms with Gasteiger partial charge in [0, 0.05) is 11.3 Å². The summed E-state index contributed by atoms with van der Waals surface area (Å²) in [6, 6.07) is 0. The van der Waals surface area contributed by atoms with Crippen LogP contribution < -0.4 is 0 Å². The molecule has 0 saturated carbocycles. The summed E-state index contributed by atoms with van der Waals surface area (Å²) in [5, 5.41) is 7.03. The molecule has 0 spiro atoms. The van der Waals surface area contributed by atoms with Gasteiger partial charge < -0.3 is 4.74 Å². The van der Waals surface area contributed by atoms with Crippen molar-refractivity contribution in [3.63, 3.8) is 0 Å². The van der Waals surface area contributed by atoms with E-state index in [9.17, 15) is 4.79 Å². The summed E-state index contributed by atoms with van der Waals surface area (Å²) in [5.41, 5.74) is 2.66. The molecule has 0 aliphatic heterocycles. The van der Waals surface area contributed by atoms with E-state index in [1.165, 1.54) is 0 Å². The molecule has 0 aromatic carbocycles. The predicted octanol–water partition coefficient (Wildman–Crippen LogP) is 2.03. The van der Waals surface area contributed by atoms with Crippen LogP contribution in [0.3, 0.4) is 0 Å². The number of aromatic nitrogens is 2. The lowest BCUT2D eigenvalue weighted by atomic mass is 9.88. The van der Waals surface area contributed by atoms with Crippen LogP contribution in [0.2, 0.25) is 0 Å². The monoisotopic (exact) mass is 208 g/mol. The molecule has 4 heteroatoms. The van der Waals surface area contributed by atoms with Crippen LogP contribution in [0.4, 0.5) is 0 Å². The van der Waals surface area contributed by atoms with Gasteiger partial charge in [0.15, 0.2) is 5.69 Å². The zero-order chi connectivity index (χ0) is 10.8. The maximum absolute atomic E-state index is 11.6. The lowest BCUT2D eigenvalue weighted by Gasteiger charge is -2.17. The highest BCUT2D eigenvalue weighted by atomic mass is 16.5.